The van der Waals surface area contributed by atoms with Gasteiger partial charge in [-0.1, -0.05) is 318 Å². The largest absolute Gasteiger partial charge is 0.462 e. The van der Waals surface area contributed by atoms with Gasteiger partial charge < -0.3 is 14.2 Å². The second-order valence-electron chi connectivity index (χ2n) is 24.1. The molecular weight excluding hydrogens is 1020 g/mol. The van der Waals surface area contributed by atoms with Crippen molar-refractivity contribution in [1.82, 2.24) is 0 Å². The van der Waals surface area contributed by atoms with Crippen LogP contribution in [0.1, 0.15) is 367 Å². The van der Waals surface area contributed by atoms with Crippen LogP contribution in [0, 0.1) is 0 Å². The van der Waals surface area contributed by atoms with E-state index in [0.29, 0.717) is 19.3 Å². The minimum Gasteiger partial charge on any atom is -0.462 e. The highest BCUT2D eigenvalue weighted by Gasteiger charge is 2.19. The molecule has 0 aliphatic carbocycles. The fourth-order valence-corrected chi connectivity index (χ4v) is 10.5. The highest BCUT2D eigenvalue weighted by atomic mass is 16.6. The first-order valence-corrected chi connectivity index (χ1v) is 36.1. The van der Waals surface area contributed by atoms with Gasteiger partial charge >= 0.3 is 17.9 Å². The number of ether oxygens (including phenoxy) is 3. The molecule has 480 valence electrons. The van der Waals surface area contributed by atoms with E-state index in [0.717, 1.165) is 96.3 Å². The fourth-order valence-electron chi connectivity index (χ4n) is 10.5. The van der Waals surface area contributed by atoms with Crippen molar-refractivity contribution in [3.63, 3.8) is 0 Å². The Morgan fingerprint density at radius 3 is 0.747 bits per heavy atom. The van der Waals surface area contributed by atoms with Crippen LogP contribution in [0.15, 0.2) is 85.1 Å². The molecule has 0 aliphatic rings. The van der Waals surface area contributed by atoms with Crippen molar-refractivity contribution < 1.29 is 28.6 Å². The molecule has 1 unspecified atom stereocenters. The van der Waals surface area contributed by atoms with Crippen LogP contribution in [-0.4, -0.2) is 37.2 Å². The van der Waals surface area contributed by atoms with E-state index in [1.807, 2.05) is 0 Å². The zero-order chi connectivity index (χ0) is 59.9. The quantitative estimate of drug-likeness (QED) is 0.0261. The number of esters is 3. The number of allylic oxidation sites excluding steroid dienone is 14. The van der Waals surface area contributed by atoms with Gasteiger partial charge in [-0.05, 0) is 116 Å². The molecule has 6 nitrogen and oxygen atoms in total. The molecule has 6 heteroatoms. The van der Waals surface area contributed by atoms with Gasteiger partial charge in [-0.15, -0.1) is 0 Å². The number of hydrogen-bond acceptors (Lipinski definition) is 6. The Balaban J connectivity index is 4.24. The second kappa shape index (κ2) is 71.1. The van der Waals surface area contributed by atoms with Gasteiger partial charge in [-0.3, -0.25) is 14.4 Å². The zero-order valence-corrected chi connectivity index (χ0v) is 55.2. The zero-order valence-electron chi connectivity index (χ0n) is 55.2. The minimum atomic E-state index is -0.791. The van der Waals surface area contributed by atoms with Crippen LogP contribution in [0.3, 0.4) is 0 Å². The molecule has 0 N–H and O–H groups in total. The Morgan fingerprint density at radius 1 is 0.253 bits per heavy atom. The summed E-state index contributed by atoms with van der Waals surface area (Å²) in [5, 5.41) is 0. The number of carbonyl (C=O) groups excluding carboxylic acids is 3. The minimum absolute atomic E-state index is 0.0839. The van der Waals surface area contributed by atoms with Crippen LogP contribution in [0.2, 0.25) is 0 Å². The molecule has 0 heterocycles. The van der Waals surface area contributed by atoms with E-state index in [4.69, 9.17) is 14.2 Å². The van der Waals surface area contributed by atoms with Crippen LogP contribution in [0.5, 0.6) is 0 Å². The van der Waals surface area contributed by atoms with E-state index < -0.39 is 6.10 Å². The third-order valence-corrected chi connectivity index (χ3v) is 15.9. The monoisotopic (exact) mass is 1160 g/mol. The number of hydrogen-bond donors (Lipinski definition) is 0. The van der Waals surface area contributed by atoms with E-state index in [-0.39, 0.29) is 31.1 Å². The molecule has 0 aliphatic heterocycles. The average Bonchev–Trinajstić information content (AvgIpc) is 3.49. The van der Waals surface area contributed by atoms with Crippen molar-refractivity contribution in [1.29, 1.82) is 0 Å². The molecule has 0 bridgehead atoms. The number of rotatable bonds is 66. The first kappa shape index (κ1) is 79.6. The Bertz CT molecular complexity index is 1570. The van der Waals surface area contributed by atoms with Gasteiger partial charge in [0.2, 0.25) is 0 Å². The lowest BCUT2D eigenvalue weighted by Crippen LogP contribution is -2.30. The van der Waals surface area contributed by atoms with E-state index in [1.54, 1.807) is 0 Å². The molecule has 0 rings (SSSR count). The third-order valence-electron chi connectivity index (χ3n) is 15.9. The molecule has 0 amide bonds. The van der Waals surface area contributed by atoms with Gasteiger partial charge in [-0.25, -0.2) is 0 Å². The van der Waals surface area contributed by atoms with Crippen molar-refractivity contribution >= 4 is 17.9 Å². The topological polar surface area (TPSA) is 78.9 Å². The molecule has 0 saturated carbocycles. The van der Waals surface area contributed by atoms with Crippen LogP contribution in [0.4, 0.5) is 0 Å². The molecule has 0 fully saturated rings. The summed E-state index contributed by atoms with van der Waals surface area (Å²) in [5.74, 6) is -0.899. The summed E-state index contributed by atoms with van der Waals surface area (Å²) < 4.78 is 17.0. The Kier molecular flexibility index (Phi) is 68.2. The molecule has 1 atom stereocenters. The molecule has 0 saturated heterocycles. The molecule has 0 aromatic carbocycles. The molecule has 83 heavy (non-hydrogen) atoms. The highest BCUT2D eigenvalue weighted by molar-refractivity contribution is 5.71. The summed E-state index contributed by atoms with van der Waals surface area (Å²) in [6.45, 7) is 6.53. The van der Waals surface area contributed by atoms with E-state index in [9.17, 15) is 14.4 Å². The van der Waals surface area contributed by atoms with Gasteiger partial charge in [0, 0.05) is 19.3 Å². The van der Waals surface area contributed by atoms with Crippen LogP contribution in [-0.2, 0) is 28.6 Å². The molecular formula is C77H136O6. The van der Waals surface area contributed by atoms with Crippen molar-refractivity contribution in [2.24, 2.45) is 0 Å². The number of unbranched alkanes of at least 4 members (excludes halogenated alkanes) is 41. The first-order valence-electron chi connectivity index (χ1n) is 36.1. The fraction of sp³-hybridized carbons (Fsp3) is 0.779. The van der Waals surface area contributed by atoms with Gasteiger partial charge in [0.05, 0.1) is 0 Å². The van der Waals surface area contributed by atoms with Crippen molar-refractivity contribution in [3.8, 4) is 0 Å². The van der Waals surface area contributed by atoms with Crippen molar-refractivity contribution in [2.45, 2.75) is 374 Å². The average molecular weight is 1160 g/mol. The summed E-state index contributed by atoms with van der Waals surface area (Å²) in [4.78, 5) is 38.4. The Hall–Kier alpha value is -3.41. The van der Waals surface area contributed by atoms with E-state index >= 15 is 0 Å². The van der Waals surface area contributed by atoms with Crippen molar-refractivity contribution in [3.05, 3.63) is 85.1 Å². The smallest absolute Gasteiger partial charge is 0.306 e. The molecule has 0 spiro atoms. The summed E-state index contributed by atoms with van der Waals surface area (Å²) in [6.07, 6.45) is 94.8. The van der Waals surface area contributed by atoms with Gasteiger partial charge in [-0.2, -0.15) is 0 Å². The summed E-state index contributed by atoms with van der Waals surface area (Å²) >= 11 is 0. The third kappa shape index (κ3) is 69.3. The normalized spacial score (nSPS) is 12.6. The van der Waals surface area contributed by atoms with E-state index in [1.165, 1.54) is 231 Å². The summed E-state index contributed by atoms with van der Waals surface area (Å²) in [7, 11) is 0. The maximum absolute atomic E-state index is 13.0. The maximum Gasteiger partial charge on any atom is 0.306 e. The predicted octanol–water partition coefficient (Wildman–Crippen LogP) is 25.0. The van der Waals surface area contributed by atoms with Crippen LogP contribution in [0.25, 0.3) is 0 Å². The molecule has 0 aromatic rings. The Labute approximate surface area is 515 Å². The maximum atomic E-state index is 13.0. The predicted molar refractivity (Wildman–Crippen MR) is 362 cm³/mol. The lowest BCUT2D eigenvalue weighted by molar-refractivity contribution is -0.167. The van der Waals surface area contributed by atoms with Crippen LogP contribution < -0.4 is 0 Å². The molecule has 0 aromatic heterocycles. The Morgan fingerprint density at radius 2 is 0.470 bits per heavy atom. The second-order valence-corrected chi connectivity index (χ2v) is 24.1. The first-order chi connectivity index (χ1) is 41.0. The van der Waals surface area contributed by atoms with Gasteiger partial charge in [0.1, 0.15) is 13.2 Å². The van der Waals surface area contributed by atoms with E-state index in [2.05, 4.69) is 106 Å². The van der Waals surface area contributed by atoms with Gasteiger partial charge in [0.15, 0.2) is 6.10 Å². The standard InChI is InChI=1S/C77H136O6/c1-4-7-10-13-16-19-22-25-27-29-31-33-35-36-37-38-39-40-42-43-45-47-49-52-55-58-61-64-67-70-76(79)82-73-74(72-81-75(78)69-66-63-60-57-54-51-24-21-18-15-12-9-6-3)83-77(80)71-68-65-62-59-56-53-50-48-46-44-41-34-32-30-28-26-23-20-17-14-11-8-5-2/h9,12,18,21-23,25-26,29-32,51,54,74H,4-8,10-11,13-17,19-20,24,27-28,33-50,52-53,55-73H2,1-3H3/b12-9-,21-18-,25-22-,26-23-,31-29-,32-30-,54-51-. The highest BCUT2D eigenvalue weighted by Crippen LogP contribution is 2.18. The number of carbonyl (C=O) groups is 3. The summed E-state index contributed by atoms with van der Waals surface area (Å²) in [6, 6.07) is 0. The SMILES string of the molecule is CC/C=C\C/C=C\C/C=C\CCCCCC(=O)OCC(COC(=O)CCCCCCCCCCCCCCCCCCC/C=C\C/C=C\CCCCCCC)OC(=O)CCCCCCCCCCCCC/C=C\C/C=C\CCCCCCC. The van der Waals surface area contributed by atoms with Gasteiger partial charge in [0.25, 0.3) is 0 Å². The summed E-state index contributed by atoms with van der Waals surface area (Å²) in [5.41, 5.74) is 0. The lowest BCUT2D eigenvalue weighted by atomic mass is 10.0. The van der Waals surface area contributed by atoms with Crippen molar-refractivity contribution in [2.75, 3.05) is 13.2 Å². The lowest BCUT2D eigenvalue weighted by Gasteiger charge is -2.18. The molecule has 0 radical (unpaired) electrons. The van der Waals surface area contributed by atoms with Crippen LogP contribution >= 0.6 is 0 Å².